The highest BCUT2D eigenvalue weighted by molar-refractivity contribution is 5.94. The Kier molecular flexibility index (Phi) is 6.85. The average Bonchev–Trinajstić information content (AvgIpc) is 2.43. The monoisotopic (exact) mass is 294 g/mol. The van der Waals surface area contributed by atoms with Crippen LogP contribution in [-0.2, 0) is 9.59 Å². The molecule has 0 fully saturated rings. The van der Waals surface area contributed by atoms with Gasteiger partial charge < -0.3 is 10.6 Å². The predicted octanol–water partition coefficient (Wildman–Crippen LogP) is 3.94. The molecule has 21 heavy (non-hydrogen) atoms. The van der Waals surface area contributed by atoms with E-state index < -0.39 is 5.82 Å². The lowest BCUT2D eigenvalue weighted by atomic mass is 9.98. The summed E-state index contributed by atoms with van der Waals surface area (Å²) in [6.07, 6.45) is 3.52. The van der Waals surface area contributed by atoms with Crippen LogP contribution < -0.4 is 10.6 Å². The number of unbranched alkanes of at least 4 members (excludes halogenated alkanes) is 1. The van der Waals surface area contributed by atoms with E-state index in [2.05, 4.69) is 17.6 Å². The fourth-order valence-electron chi connectivity index (χ4n) is 2.11. The van der Waals surface area contributed by atoms with Crippen molar-refractivity contribution in [3.05, 3.63) is 24.0 Å². The maximum Gasteiger partial charge on any atom is 0.227 e. The number of benzene rings is 1. The number of hydrogen-bond donors (Lipinski definition) is 2. The maximum atomic E-state index is 13.8. The number of hydrogen-bond acceptors (Lipinski definition) is 2. The van der Waals surface area contributed by atoms with Crippen molar-refractivity contribution in [2.45, 2.75) is 46.5 Å². The first-order chi connectivity index (χ1) is 9.97. The van der Waals surface area contributed by atoms with Crippen LogP contribution in [0.4, 0.5) is 15.8 Å². The SMILES string of the molecule is CCCCC(CC)C(=O)Nc1cc(NC(C)=O)ccc1F. The Bertz CT molecular complexity index is 503. The molecular weight excluding hydrogens is 271 g/mol. The highest BCUT2D eigenvalue weighted by Crippen LogP contribution is 2.22. The van der Waals surface area contributed by atoms with Gasteiger partial charge in [0.25, 0.3) is 0 Å². The molecular formula is C16H23FN2O2. The van der Waals surface area contributed by atoms with Gasteiger partial charge in [-0.3, -0.25) is 9.59 Å². The summed E-state index contributed by atoms with van der Waals surface area (Å²) in [5, 5.41) is 5.18. The Morgan fingerprint density at radius 2 is 1.95 bits per heavy atom. The Morgan fingerprint density at radius 3 is 2.52 bits per heavy atom. The summed E-state index contributed by atoms with van der Waals surface area (Å²) in [5.41, 5.74) is 0.557. The lowest BCUT2D eigenvalue weighted by Crippen LogP contribution is -2.23. The minimum Gasteiger partial charge on any atom is -0.326 e. The second-order valence-corrected chi connectivity index (χ2v) is 5.11. The number of anilines is 2. The molecule has 1 unspecified atom stereocenters. The third-order valence-corrected chi connectivity index (χ3v) is 3.31. The van der Waals surface area contributed by atoms with Gasteiger partial charge in [-0.1, -0.05) is 26.7 Å². The molecule has 1 aromatic carbocycles. The number of rotatable bonds is 7. The summed E-state index contributed by atoms with van der Waals surface area (Å²) >= 11 is 0. The van der Waals surface area contributed by atoms with E-state index in [1.165, 1.54) is 25.1 Å². The van der Waals surface area contributed by atoms with Gasteiger partial charge in [-0.2, -0.15) is 0 Å². The van der Waals surface area contributed by atoms with Gasteiger partial charge in [-0.25, -0.2) is 4.39 Å². The van der Waals surface area contributed by atoms with Gasteiger partial charge in [0.15, 0.2) is 0 Å². The molecule has 0 radical (unpaired) electrons. The second-order valence-electron chi connectivity index (χ2n) is 5.11. The van der Waals surface area contributed by atoms with E-state index in [-0.39, 0.29) is 23.4 Å². The lowest BCUT2D eigenvalue weighted by molar-refractivity contribution is -0.120. The van der Waals surface area contributed by atoms with E-state index >= 15 is 0 Å². The molecule has 0 aliphatic carbocycles. The number of halogens is 1. The topological polar surface area (TPSA) is 58.2 Å². The van der Waals surface area contributed by atoms with Gasteiger partial charge in [-0.05, 0) is 31.0 Å². The molecule has 0 bridgehead atoms. The van der Waals surface area contributed by atoms with Crippen molar-refractivity contribution in [2.24, 2.45) is 5.92 Å². The summed E-state index contributed by atoms with van der Waals surface area (Å²) < 4.78 is 13.8. The Balaban J connectivity index is 2.80. The third kappa shape index (κ3) is 5.53. The Hall–Kier alpha value is -1.91. The molecule has 5 heteroatoms. The zero-order chi connectivity index (χ0) is 15.8. The van der Waals surface area contributed by atoms with Crippen molar-refractivity contribution < 1.29 is 14.0 Å². The van der Waals surface area contributed by atoms with Gasteiger partial charge in [0.1, 0.15) is 5.82 Å². The van der Waals surface area contributed by atoms with Crippen LogP contribution in [0.15, 0.2) is 18.2 Å². The number of carbonyl (C=O) groups is 2. The van der Waals surface area contributed by atoms with Gasteiger partial charge >= 0.3 is 0 Å². The van der Waals surface area contributed by atoms with Gasteiger partial charge in [0, 0.05) is 18.5 Å². The predicted molar refractivity (Wildman–Crippen MR) is 82.6 cm³/mol. The molecule has 1 aromatic rings. The van der Waals surface area contributed by atoms with Gasteiger partial charge in [0.2, 0.25) is 11.8 Å². The maximum absolute atomic E-state index is 13.8. The number of carbonyl (C=O) groups excluding carboxylic acids is 2. The zero-order valence-electron chi connectivity index (χ0n) is 12.8. The average molecular weight is 294 g/mol. The molecule has 0 aliphatic heterocycles. The third-order valence-electron chi connectivity index (χ3n) is 3.31. The standard InChI is InChI=1S/C16H23FN2O2/c1-4-6-7-12(5-2)16(21)19-15-10-13(18-11(3)20)8-9-14(15)17/h8-10,12H,4-7H2,1-3H3,(H,18,20)(H,19,21). The first kappa shape index (κ1) is 17.1. The van der Waals surface area contributed by atoms with Crippen LogP contribution in [0.5, 0.6) is 0 Å². The van der Waals surface area contributed by atoms with Crippen LogP contribution in [-0.4, -0.2) is 11.8 Å². The molecule has 0 aromatic heterocycles. The Morgan fingerprint density at radius 1 is 1.24 bits per heavy atom. The molecule has 4 nitrogen and oxygen atoms in total. The van der Waals surface area contributed by atoms with Crippen molar-refractivity contribution in [2.75, 3.05) is 10.6 Å². The summed E-state index contributed by atoms with van der Waals surface area (Å²) in [6.45, 7) is 5.39. The van der Waals surface area contributed by atoms with E-state index in [0.29, 0.717) is 5.69 Å². The normalized spacial score (nSPS) is 11.8. The van der Waals surface area contributed by atoms with Crippen LogP contribution in [0.3, 0.4) is 0 Å². The summed E-state index contributed by atoms with van der Waals surface area (Å²) in [7, 11) is 0. The van der Waals surface area contributed by atoms with Crippen molar-refractivity contribution in [3.8, 4) is 0 Å². The van der Waals surface area contributed by atoms with Crippen molar-refractivity contribution in [1.82, 2.24) is 0 Å². The molecule has 2 N–H and O–H groups in total. The molecule has 116 valence electrons. The van der Waals surface area contributed by atoms with Gasteiger partial charge in [-0.15, -0.1) is 0 Å². The van der Waals surface area contributed by atoms with Crippen molar-refractivity contribution in [1.29, 1.82) is 0 Å². The first-order valence-corrected chi connectivity index (χ1v) is 7.35. The molecule has 0 saturated heterocycles. The molecule has 0 aliphatic rings. The minimum atomic E-state index is -0.511. The van der Waals surface area contributed by atoms with Crippen LogP contribution in [0.1, 0.15) is 46.5 Å². The summed E-state index contributed by atoms with van der Waals surface area (Å²) in [5.74, 6) is -1.05. The van der Waals surface area contributed by atoms with Gasteiger partial charge in [0.05, 0.1) is 5.69 Å². The first-order valence-electron chi connectivity index (χ1n) is 7.35. The molecule has 2 amide bonds. The minimum absolute atomic E-state index is 0.0983. The van der Waals surface area contributed by atoms with Crippen molar-refractivity contribution in [3.63, 3.8) is 0 Å². The highest BCUT2D eigenvalue weighted by Gasteiger charge is 2.17. The van der Waals surface area contributed by atoms with E-state index in [9.17, 15) is 14.0 Å². The van der Waals surface area contributed by atoms with E-state index in [1.807, 2.05) is 6.92 Å². The smallest absolute Gasteiger partial charge is 0.227 e. The van der Waals surface area contributed by atoms with Crippen LogP contribution in [0.2, 0.25) is 0 Å². The number of amides is 2. The molecule has 1 rings (SSSR count). The molecule has 0 spiro atoms. The quantitative estimate of drug-likeness (QED) is 0.800. The van der Waals surface area contributed by atoms with Crippen LogP contribution in [0, 0.1) is 11.7 Å². The molecule has 1 atom stereocenters. The van der Waals surface area contributed by atoms with E-state index in [1.54, 1.807) is 0 Å². The van der Waals surface area contributed by atoms with E-state index in [4.69, 9.17) is 0 Å². The lowest BCUT2D eigenvalue weighted by Gasteiger charge is -2.15. The second kappa shape index (κ2) is 8.39. The molecule has 0 heterocycles. The highest BCUT2D eigenvalue weighted by atomic mass is 19.1. The number of nitrogens with one attached hydrogen (secondary N) is 2. The fraction of sp³-hybridized carbons (Fsp3) is 0.500. The zero-order valence-corrected chi connectivity index (χ0v) is 12.8. The summed E-state index contributed by atoms with van der Waals surface area (Å²) in [6, 6.07) is 4.12. The fourth-order valence-corrected chi connectivity index (χ4v) is 2.11. The largest absolute Gasteiger partial charge is 0.326 e. The van der Waals surface area contributed by atoms with Crippen LogP contribution >= 0.6 is 0 Å². The Labute approximate surface area is 125 Å². The molecule has 0 saturated carbocycles. The van der Waals surface area contributed by atoms with Crippen molar-refractivity contribution >= 4 is 23.2 Å². The summed E-state index contributed by atoms with van der Waals surface area (Å²) in [4.78, 5) is 23.2. The van der Waals surface area contributed by atoms with Crippen LogP contribution in [0.25, 0.3) is 0 Å². The van der Waals surface area contributed by atoms with E-state index in [0.717, 1.165) is 25.7 Å².